The van der Waals surface area contributed by atoms with E-state index in [-0.39, 0.29) is 24.6 Å². The van der Waals surface area contributed by atoms with Crippen molar-refractivity contribution in [2.24, 2.45) is 0 Å². The van der Waals surface area contributed by atoms with Crippen LogP contribution < -0.4 is 4.74 Å². The fraction of sp³-hybridized carbons (Fsp3) is 0.273. The van der Waals surface area contributed by atoms with Crippen LogP contribution in [0.25, 0.3) is 5.69 Å². The van der Waals surface area contributed by atoms with Gasteiger partial charge in [0.2, 0.25) is 5.88 Å². The maximum absolute atomic E-state index is 14.0. The Balaban J connectivity index is 1.80. The first-order valence-corrected chi connectivity index (χ1v) is 9.79. The predicted octanol–water partition coefficient (Wildman–Crippen LogP) is 3.73. The van der Waals surface area contributed by atoms with Gasteiger partial charge in [0, 0.05) is 18.3 Å². The van der Waals surface area contributed by atoms with Gasteiger partial charge in [-0.2, -0.15) is 28.2 Å². The Bertz CT molecular complexity index is 1170. The lowest BCUT2D eigenvalue weighted by molar-refractivity contribution is -0.138. The number of aromatic nitrogens is 4. The van der Waals surface area contributed by atoms with Gasteiger partial charge in [-0.05, 0) is 38.1 Å². The highest BCUT2D eigenvalue weighted by Gasteiger charge is 2.32. The first kappa shape index (κ1) is 23.7. The summed E-state index contributed by atoms with van der Waals surface area (Å²) in [5, 5.41) is 8.11. The molecule has 0 N–H and O–H groups in total. The number of carbonyl (C=O) groups is 1. The molecule has 3 aromatic rings. The fourth-order valence-electron chi connectivity index (χ4n) is 3.09. The van der Waals surface area contributed by atoms with Crippen LogP contribution in [0, 0.1) is 18.2 Å². The van der Waals surface area contributed by atoms with Crippen LogP contribution in [0.2, 0.25) is 0 Å². The molecule has 0 unspecified atom stereocenters. The van der Waals surface area contributed by atoms with Gasteiger partial charge in [-0.25, -0.2) is 9.37 Å². The lowest BCUT2D eigenvalue weighted by Crippen LogP contribution is -2.42. The second-order valence-corrected chi connectivity index (χ2v) is 6.95. The summed E-state index contributed by atoms with van der Waals surface area (Å²) in [6, 6.07) is 4.51. The summed E-state index contributed by atoms with van der Waals surface area (Å²) in [6.45, 7) is 3.47. The van der Waals surface area contributed by atoms with Gasteiger partial charge < -0.3 is 9.64 Å². The molecule has 33 heavy (non-hydrogen) atoms. The standard InChI is InChI=1S/C22H19F4N5O2/c1-4-15-6-7-17(19(10-15)31-28-8-9-29-31)21(32)30(5-2)14(3)13-33-20-18(23)11-16(12-27-20)22(24,25)26/h1,6-12,14H,5,13H2,2-3H3/t14-/m0/s1. The largest absolute Gasteiger partial charge is 0.473 e. The monoisotopic (exact) mass is 461 g/mol. The van der Waals surface area contributed by atoms with E-state index in [1.165, 1.54) is 22.1 Å². The smallest absolute Gasteiger partial charge is 0.417 e. The highest BCUT2D eigenvalue weighted by Crippen LogP contribution is 2.30. The molecule has 0 bridgehead atoms. The van der Waals surface area contributed by atoms with E-state index in [9.17, 15) is 22.4 Å². The number of alkyl halides is 3. The number of hydrogen-bond donors (Lipinski definition) is 0. The summed E-state index contributed by atoms with van der Waals surface area (Å²) in [6.07, 6.45) is 4.14. The highest BCUT2D eigenvalue weighted by molar-refractivity contribution is 5.98. The third kappa shape index (κ3) is 5.28. The topological polar surface area (TPSA) is 73.1 Å². The van der Waals surface area contributed by atoms with Crippen LogP contribution in [0.5, 0.6) is 5.88 Å². The minimum atomic E-state index is -4.72. The van der Waals surface area contributed by atoms with Gasteiger partial charge in [0.1, 0.15) is 6.61 Å². The molecule has 0 saturated carbocycles. The van der Waals surface area contributed by atoms with Crippen LogP contribution >= 0.6 is 0 Å². The molecule has 0 spiro atoms. The van der Waals surface area contributed by atoms with Gasteiger partial charge >= 0.3 is 6.18 Å². The van der Waals surface area contributed by atoms with E-state index in [0.29, 0.717) is 23.5 Å². The van der Waals surface area contributed by atoms with Gasteiger partial charge in [0.25, 0.3) is 5.91 Å². The number of carbonyl (C=O) groups excluding carboxylic acids is 1. The first-order valence-electron chi connectivity index (χ1n) is 9.79. The quantitative estimate of drug-likeness (QED) is 0.396. The van der Waals surface area contributed by atoms with Gasteiger partial charge in [-0.3, -0.25) is 4.79 Å². The number of nitrogens with zero attached hydrogens (tertiary/aromatic N) is 5. The van der Waals surface area contributed by atoms with Crippen LogP contribution in [0.4, 0.5) is 17.6 Å². The molecule has 11 heteroatoms. The Morgan fingerprint density at radius 3 is 2.55 bits per heavy atom. The molecule has 0 fully saturated rings. The van der Waals surface area contributed by atoms with E-state index in [4.69, 9.17) is 11.2 Å². The second kappa shape index (κ2) is 9.68. The zero-order valence-electron chi connectivity index (χ0n) is 17.7. The summed E-state index contributed by atoms with van der Waals surface area (Å²) in [4.78, 5) is 19.4. The molecule has 2 heterocycles. The highest BCUT2D eigenvalue weighted by atomic mass is 19.4. The molecule has 0 aliphatic carbocycles. The van der Waals surface area contributed by atoms with E-state index in [1.54, 1.807) is 32.0 Å². The van der Waals surface area contributed by atoms with Crippen molar-refractivity contribution in [2.75, 3.05) is 13.2 Å². The van der Waals surface area contributed by atoms with Gasteiger partial charge in [-0.1, -0.05) is 5.92 Å². The van der Waals surface area contributed by atoms with Gasteiger partial charge in [0.05, 0.1) is 35.2 Å². The van der Waals surface area contributed by atoms with Crippen LogP contribution in [0.1, 0.15) is 35.3 Å². The van der Waals surface area contributed by atoms with E-state index in [1.807, 2.05) is 0 Å². The molecular weight excluding hydrogens is 442 g/mol. The van der Waals surface area contributed by atoms with Crippen molar-refractivity contribution in [3.63, 3.8) is 0 Å². The molecule has 1 atom stereocenters. The van der Waals surface area contributed by atoms with E-state index >= 15 is 0 Å². The number of pyridine rings is 1. The molecule has 0 aliphatic rings. The Labute approximate surface area is 187 Å². The second-order valence-electron chi connectivity index (χ2n) is 6.95. The number of halogens is 4. The lowest BCUT2D eigenvalue weighted by atomic mass is 10.1. The number of hydrogen-bond acceptors (Lipinski definition) is 5. The van der Waals surface area contributed by atoms with Crippen molar-refractivity contribution in [2.45, 2.75) is 26.1 Å². The normalized spacial score (nSPS) is 12.2. The lowest BCUT2D eigenvalue weighted by Gasteiger charge is -2.28. The average Bonchev–Trinajstić information content (AvgIpc) is 3.32. The van der Waals surface area contributed by atoms with Crippen molar-refractivity contribution >= 4 is 5.91 Å². The van der Waals surface area contributed by atoms with Crippen molar-refractivity contribution < 1.29 is 27.1 Å². The Kier molecular flexibility index (Phi) is 6.96. The minimum absolute atomic E-state index is 0.202. The van der Waals surface area contributed by atoms with Crippen LogP contribution in [-0.4, -0.2) is 50.0 Å². The van der Waals surface area contributed by atoms with Crippen molar-refractivity contribution in [3.05, 3.63) is 65.4 Å². The third-order valence-electron chi connectivity index (χ3n) is 4.76. The Morgan fingerprint density at radius 1 is 1.27 bits per heavy atom. The number of likely N-dealkylation sites (N-methyl/N-ethyl adjacent to an activating group) is 1. The van der Waals surface area contributed by atoms with E-state index in [2.05, 4.69) is 21.1 Å². The summed E-state index contributed by atoms with van der Waals surface area (Å²) in [5.41, 5.74) is -0.0386. The molecule has 0 aliphatic heterocycles. The molecule has 0 radical (unpaired) electrons. The average molecular weight is 461 g/mol. The molecule has 1 amide bonds. The van der Waals surface area contributed by atoms with Gasteiger partial charge in [0.15, 0.2) is 5.82 Å². The number of ether oxygens (including phenoxy) is 1. The minimum Gasteiger partial charge on any atom is -0.473 e. The number of amides is 1. The number of rotatable bonds is 7. The van der Waals surface area contributed by atoms with Gasteiger partial charge in [-0.15, -0.1) is 6.42 Å². The van der Waals surface area contributed by atoms with Crippen LogP contribution in [0.3, 0.4) is 0 Å². The molecule has 172 valence electrons. The first-order chi connectivity index (χ1) is 15.7. The summed E-state index contributed by atoms with van der Waals surface area (Å²) >= 11 is 0. The predicted molar refractivity (Wildman–Crippen MR) is 110 cm³/mol. The molecular formula is C22H19F4N5O2. The zero-order chi connectivity index (χ0) is 24.2. The molecule has 2 aromatic heterocycles. The van der Waals surface area contributed by atoms with Crippen molar-refractivity contribution in [1.82, 2.24) is 24.9 Å². The summed E-state index contributed by atoms with van der Waals surface area (Å²) in [5.74, 6) is 0.276. The fourth-order valence-corrected chi connectivity index (χ4v) is 3.09. The molecule has 0 saturated heterocycles. The molecule has 7 nitrogen and oxygen atoms in total. The van der Waals surface area contributed by atoms with Crippen molar-refractivity contribution in [3.8, 4) is 23.9 Å². The maximum Gasteiger partial charge on any atom is 0.417 e. The Morgan fingerprint density at radius 2 is 1.97 bits per heavy atom. The SMILES string of the molecule is C#Cc1ccc(C(=O)N(CC)[C@@H](C)COc2ncc(C(F)(F)F)cc2F)c(-n2nccn2)c1. The number of benzene rings is 1. The summed E-state index contributed by atoms with van der Waals surface area (Å²) in [7, 11) is 0. The van der Waals surface area contributed by atoms with Crippen LogP contribution in [-0.2, 0) is 6.18 Å². The van der Waals surface area contributed by atoms with E-state index < -0.39 is 29.5 Å². The molecule has 1 aromatic carbocycles. The zero-order valence-corrected chi connectivity index (χ0v) is 17.7. The molecule has 3 rings (SSSR count). The van der Waals surface area contributed by atoms with E-state index in [0.717, 1.165) is 0 Å². The van der Waals surface area contributed by atoms with Crippen LogP contribution in [0.15, 0.2) is 42.9 Å². The summed E-state index contributed by atoms with van der Waals surface area (Å²) < 4.78 is 57.3. The maximum atomic E-state index is 14.0. The Hall–Kier alpha value is -3.94. The third-order valence-corrected chi connectivity index (χ3v) is 4.76. The van der Waals surface area contributed by atoms with Crippen molar-refractivity contribution in [1.29, 1.82) is 0 Å². The number of terminal acetylenes is 1.